The summed E-state index contributed by atoms with van der Waals surface area (Å²) < 4.78 is 0. The highest BCUT2D eigenvalue weighted by atomic mass is 16.3. The van der Waals surface area contributed by atoms with E-state index in [1.165, 1.54) is 32.1 Å². The molecule has 0 fully saturated rings. The molecule has 0 aromatic heterocycles. The number of hydrogen-bond donors (Lipinski definition) is 2. The number of nitrogens with one attached hydrogen (secondary N) is 1. The average Bonchev–Trinajstić information content (AvgIpc) is 2.09. The monoisotopic (exact) mass is 187 g/mol. The fourth-order valence-corrected chi connectivity index (χ4v) is 1.35. The highest BCUT2D eigenvalue weighted by Gasteiger charge is 2.02. The van der Waals surface area contributed by atoms with Crippen LogP contribution in [0.25, 0.3) is 0 Å². The van der Waals surface area contributed by atoms with Crippen molar-refractivity contribution in [1.82, 2.24) is 5.32 Å². The van der Waals surface area contributed by atoms with Crippen LogP contribution in [-0.4, -0.2) is 23.8 Å². The van der Waals surface area contributed by atoms with Crippen molar-refractivity contribution < 1.29 is 5.11 Å². The number of unbranched alkanes of at least 4 members (excludes halogenated alkanes) is 3. The van der Waals surface area contributed by atoms with Crippen molar-refractivity contribution in [2.24, 2.45) is 0 Å². The first-order chi connectivity index (χ1) is 6.16. The van der Waals surface area contributed by atoms with Gasteiger partial charge in [-0.1, -0.05) is 32.6 Å². The highest BCUT2D eigenvalue weighted by molar-refractivity contribution is 4.62. The quantitative estimate of drug-likeness (QED) is 0.572. The minimum atomic E-state index is -0.224. The number of aliphatic hydroxyl groups is 1. The van der Waals surface area contributed by atoms with Gasteiger partial charge in [0.05, 0.1) is 6.10 Å². The average molecular weight is 187 g/mol. The minimum Gasteiger partial charge on any atom is -0.392 e. The van der Waals surface area contributed by atoms with E-state index >= 15 is 0 Å². The lowest BCUT2D eigenvalue weighted by atomic mass is 10.1. The fraction of sp³-hybridized carbons (Fsp3) is 1.00. The van der Waals surface area contributed by atoms with Gasteiger partial charge in [0, 0.05) is 12.6 Å². The van der Waals surface area contributed by atoms with Crippen LogP contribution in [0.2, 0.25) is 0 Å². The molecule has 0 bridgehead atoms. The third-order valence-electron chi connectivity index (χ3n) is 2.25. The highest BCUT2D eigenvalue weighted by Crippen LogP contribution is 2.04. The van der Waals surface area contributed by atoms with E-state index in [1.54, 1.807) is 0 Å². The Labute approximate surface area is 82.7 Å². The van der Waals surface area contributed by atoms with Crippen LogP contribution in [0.4, 0.5) is 0 Å². The molecule has 2 N–H and O–H groups in total. The Bertz CT molecular complexity index is 104. The Hall–Kier alpha value is -0.0800. The second-order valence-electron chi connectivity index (χ2n) is 4.01. The topological polar surface area (TPSA) is 32.3 Å². The van der Waals surface area contributed by atoms with Gasteiger partial charge in [-0.2, -0.15) is 0 Å². The zero-order valence-corrected chi connectivity index (χ0v) is 9.34. The molecule has 2 atom stereocenters. The number of rotatable bonds is 8. The lowest BCUT2D eigenvalue weighted by molar-refractivity contribution is 0.186. The van der Waals surface area contributed by atoms with Gasteiger partial charge in [-0.25, -0.2) is 0 Å². The van der Waals surface area contributed by atoms with E-state index in [2.05, 4.69) is 19.2 Å². The Balaban J connectivity index is 3.15. The Kier molecular flexibility index (Phi) is 8.46. The summed E-state index contributed by atoms with van der Waals surface area (Å²) in [5, 5.41) is 12.4. The molecule has 0 heterocycles. The second-order valence-corrected chi connectivity index (χ2v) is 4.01. The molecule has 0 aromatic carbocycles. The third-order valence-corrected chi connectivity index (χ3v) is 2.25. The summed E-state index contributed by atoms with van der Waals surface area (Å²) in [6.07, 6.45) is 6.31. The van der Waals surface area contributed by atoms with Crippen LogP contribution < -0.4 is 5.32 Å². The summed E-state index contributed by atoms with van der Waals surface area (Å²) in [6.45, 7) is 6.95. The van der Waals surface area contributed by atoms with Gasteiger partial charge in [-0.3, -0.25) is 0 Å². The van der Waals surface area contributed by atoms with Crippen LogP contribution >= 0.6 is 0 Å². The van der Waals surface area contributed by atoms with Gasteiger partial charge >= 0.3 is 0 Å². The summed E-state index contributed by atoms with van der Waals surface area (Å²) in [4.78, 5) is 0. The molecule has 0 radical (unpaired) electrons. The van der Waals surface area contributed by atoms with Crippen LogP contribution in [0.3, 0.4) is 0 Å². The van der Waals surface area contributed by atoms with Gasteiger partial charge in [0.15, 0.2) is 0 Å². The predicted octanol–water partition coefficient (Wildman–Crippen LogP) is 2.32. The Morgan fingerprint density at radius 1 is 1.15 bits per heavy atom. The first kappa shape index (κ1) is 12.9. The molecule has 80 valence electrons. The van der Waals surface area contributed by atoms with Crippen LogP contribution in [0.5, 0.6) is 0 Å². The summed E-state index contributed by atoms with van der Waals surface area (Å²) in [7, 11) is 0. The van der Waals surface area contributed by atoms with Gasteiger partial charge in [0.2, 0.25) is 0 Å². The molecule has 0 aliphatic rings. The van der Waals surface area contributed by atoms with Crippen LogP contribution in [0.15, 0.2) is 0 Å². The lowest BCUT2D eigenvalue weighted by Gasteiger charge is -2.14. The summed E-state index contributed by atoms with van der Waals surface area (Å²) in [5.74, 6) is 0. The van der Waals surface area contributed by atoms with E-state index in [0.717, 1.165) is 6.54 Å². The van der Waals surface area contributed by atoms with Crippen molar-refractivity contribution in [3.63, 3.8) is 0 Å². The van der Waals surface area contributed by atoms with Crippen molar-refractivity contribution >= 4 is 0 Å². The molecule has 0 spiro atoms. The van der Waals surface area contributed by atoms with E-state index in [4.69, 9.17) is 5.11 Å². The van der Waals surface area contributed by atoms with Gasteiger partial charge in [-0.15, -0.1) is 0 Å². The first-order valence-electron chi connectivity index (χ1n) is 5.58. The lowest BCUT2D eigenvalue weighted by Crippen LogP contribution is -2.32. The molecular weight excluding hydrogens is 162 g/mol. The van der Waals surface area contributed by atoms with E-state index < -0.39 is 0 Å². The third kappa shape index (κ3) is 9.84. The first-order valence-corrected chi connectivity index (χ1v) is 5.58. The van der Waals surface area contributed by atoms with Crippen molar-refractivity contribution in [2.75, 3.05) is 6.54 Å². The van der Waals surface area contributed by atoms with E-state index in [-0.39, 0.29) is 6.10 Å². The predicted molar refractivity (Wildman–Crippen MR) is 57.9 cm³/mol. The van der Waals surface area contributed by atoms with Gasteiger partial charge in [-0.05, 0) is 20.3 Å². The molecule has 13 heavy (non-hydrogen) atoms. The molecule has 0 aliphatic carbocycles. The summed E-state index contributed by atoms with van der Waals surface area (Å²) >= 11 is 0. The van der Waals surface area contributed by atoms with E-state index in [9.17, 15) is 0 Å². The standard InChI is InChI=1S/C11H25NO/c1-4-5-6-7-8-10(2)12-9-11(3)13/h10-13H,4-9H2,1-3H3/t10?,11-/m1/s1. The summed E-state index contributed by atoms with van der Waals surface area (Å²) in [5.41, 5.74) is 0. The van der Waals surface area contributed by atoms with Crippen LogP contribution in [0, 0.1) is 0 Å². The molecule has 2 heteroatoms. The molecule has 0 saturated carbocycles. The maximum absolute atomic E-state index is 9.05. The zero-order valence-electron chi connectivity index (χ0n) is 9.34. The molecular formula is C11H25NO. The van der Waals surface area contributed by atoms with Crippen molar-refractivity contribution in [1.29, 1.82) is 0 Å². The van der Waals surface area contributed by atoms with Gasteiger partial charge in [0.25, 0.3) is 0 Å². The SMILES string of the molecule is CCCCCCC(C)NC[C@@H](C)O. The minimum absolute atomic E-state index is 0.224. The molecule has 0 amide bonds. The van der Waals surface area contributed by atoms with Crippen molar-refractivity contribution in [3.05, 3.63) is 0 Å². The molecule has 0 saturated heterocycles. The molecule has 1 unspecified atom stereocenters. The smallest absolute Gasteiger partial charge is 0.0636 e. The van der Waals surface area contributed by atoms with E-state index in [1.807, 2.05) is 6.92 Å². The Morgan fingerprint density at radius 2 is 1.85 bits per heavy atom. The van der Waals surface area contributed by atoms with Crippen LogP contribution in [0.1, 0.15) is 52.9 Å². The molecule has 0 aliphatic heterocycles. The maximum atomic E-state index is 9.05. The second kappa shape index (κ2) is 8.52. The van der Waals surface area contributed by atoms with Crippen LogP contribution in [-0.2, 0) is 0 Å². The molecule has 0 aromatic rings. The van der Waals surface area contributed by atoms with Gasteiger partial charge in [0.1, 0.15) is 0 Å². The van der Waals surface area contributed by atoms with E-state index in [0.29, 0.717) is 6.04 Å². The van der Waals surface area contributed by atoms with Gasteiger partial charge < -0.3 is 10.4 Å². The van der Waals surface area contributed by atoms with Crippen molar-refractivity contribution in [3.8, 4) is 0 Å². The van der Waals surface area contributed by atoms with Crippen molar-refractivity contribution in [2.45, 2.75) is 65.0 Å². The maximum Gasteiger partial charge on any atom is 0.0636 e. The largest absolute Gasteiger partial charge is 0.392 e. The summed E-state index contributed by atoms with van der Waals surface area (Å²) in [6, 6.07) is 0.548. The fourth-order valence-electron chi connectivity index (χ4n) is 1.35. The molecule has 2 nitrogen and oxygen atoms in total. The zero-order chi connectivity index (χ0) is 10.1. The number of aliphatic hydroxyl groups excluding tert-OH is 1. The normalized spacial score (nSPS) is 15.7. The number of hydrogen-bond acceptors (Lipinski definition) is 2. The molecule has 0 rings (SSSR count). The Morgan fingerprint density at radius 3 is 2.38 bits per heavy atom.